The number of rotatable bonds is 2. The van der Waals surface area contributed by atoms with E-state index in [1.165, 1.54) is 0 Å². The van der Waals surface area contributed by atoms with Crippen molar-refractivity contribution in [2.24, 2.45) is 5.84 Å². The fourth-order valence-corrected chi connectivity index (χ4v) is 1.99. The summed E-state index contributed by atoms with van der Waals surface area (Å²) in [6.07, 6.45) is -3.78. The van der Waals surface area contributed by atoms with Gasteiger partial charge in [-0.15, -0.1) is 0 Å². The molecule has 0 bridgehead atoms. The number of nitrogens with one attached hydrogen (secondary N) is 1. The van der Waals surface area contributed by atoms with Gasteiger partial charge in [0.1, 0.15) is 0 Å². The number of benzene rings is 1. The molecule has 4 nitrogen and oxygen atoms in total. The van der Waals surface area contributed by atoms with E-state index >= 15 is 0 Å². The lowest BCUT2D eigenvalue weighted by Crippen LogP contribution is -2.13. The van der Waals surface area contributed by atoms with Gasteiger partial charge in [0.05, 0.1) is 16.1 Å². The van der Waals surface area contributed by atoms with Crippen LogP contribution in [0.2, 0.25) is 0 Å². The molecular formula is C8H9F3N2O2S. The normalized spacial score (nSPS) is 12.6. The Morgan fingerprint density at radius 1 is 1.31 bits per heavy atom. The van der Waals surface area contributed by atoms with E-state index < -0.39 is 26.5 Å². The average molecular weight is 254 g/mol. The first-order chi connectivity index (χ1) is 7.16. The second kappa shape index (κ2) is 3.95. The predicted molar refractivity (Wildman–Crippen MR) is 52.4 cm³/mol. The van der Waals surface area contributed by atoms with Crippen molar-refractivity contribution < 1.29 is 21.6 Å². The maximum atomic E-state index is 12.3. The third-order valence-electron chi connectivity index (χ3n) is 1.86. The van der Waals surface area contributed by atoms with Crippen molar-refractivity contribution in [3.05, 3.63) is 23.8 Å². The molecule has 1 aromatic rings. The van der Waals surface area contributed by atoms with Crippen molar-refractivity contribution in [1.82, 2.24) is 0 Å². The standard InChI is InChI=1S/C8H9F3N2O2S/c1-16(14,15)7-4-5(8(9,10)11)2-3-6(7)13-12/h2-4,13H,12H2,1H3. The number of anilines is 1. The van der Waals surface area contributed by atoms with Gasteiger partial charge < -0.3 is 5.43 Å². The molecule has 0 spiro atoms. The monoisotopic (exact) mass is 254 g/mol. The van der Waals surface area contributed by atoms with Gasteiger partial charge in [-0.05, 0) is 18.2 Å². The van der Waals surface area contributed by atoms with Crippen LogP contribution in [-0.4, -0.2) is 14.7 Å². The minimum Gasteiger partial charge on any atom is -0.323 e. The van der Waals surface area contributed by atoms with E-state index in [0.717, 1.165) is 18.4 Å². The first kappa shape index (κ1) is 12.8. The van der Waals surface area contributed by atoms with E-state index in [1.54, 1.807) is 0 Å². The number of hydrazine groups is 1. The van der Waals surface area contributed by atoms with Gasteiger partial charge in [-0.2, -0.15) is 13.2 Å². The molecule has 16 heavy (non-hydrogen) atoms. The molecule has 90 valence electrons. The maximum Gasteiger partial charge on any atom is 0.416 e. The van der Waals surface area contributed by atoms with Gasteiger partial charge in [0, 0.05) is 6.26 Å². The molecule has 0 heterocycles. The Labute approximate surface area is 90.1 Å². The quantitative estimate of drug-likeness (QED) is 0.618. The molecule has 0 fully saturated rings. The van der Waals surface area contributed by atoms with Crippen LogP contribution in [-0.2, 0) is 16.0 Å². The summed E-state index contributed by atoms with van der Waals surface area (Å²) in [5, 5.41) is 0. The van der Waals surface area contributed by atoms with Crippen LogP contribution >= 0.6 is 0 Å². The molecule has 0 saturated carbocycles. The van der Waals surface area contributed by atoms with E-state index in [9.17, 15) is 21.6 Å². The zero-order valence-corrected chi connectivity index (χ0v) is 8.98. The van der Waals surface area contributed by atoms with Gasteiger partial charge in [-0.25, -0.2) is 8.42 Å². The van der Waals surface area contributed by atoms with Gasteiger partial charge in [-0.1, -0.05) is 0 Å². The molecule has 0 radical (unpaired) electrons. The van der Waals surface area contributed by atoms with Crippen molar-refractivity contribution in [2.75, 3.05) is 11.7 Å². The highest BCUT2D eigenvalue weighted by atomic mass is 32.2. The third kappa shape index (κ3) is 2.64. The van der Waals surface area contributed by atoms with Crippen molar-refractivity contribution in [1.29, 1.82) is 0 Å². The highest BCUT2D eigenvalue weighted by Gasteiger charge is 2.32. The number of halogens is 3. The van der Waals surface area contributed by atoms with E-state index in [1.807, 2.05) is 5.43 Å². The van der Waals surface area contributed by atoms with Gasteiger partial charge in [0.2, 0.25) is 0 Å². The molecule has 0 saturated heterocycles. The molecule has 0 aromatic heterocycles. The topological polar surface area (TPSA) is 72.2 Å². The molecule has 0 aliphatic rings. The fourth-order valence-electron chi connectivity index (χ4n) is 1.12. The Morgan fingerprint density at radius 3 is 2.25 bits per heavy atom. The van der Waals surface area contributed by atoms with Crippen molar-refractivity contribution in [2.45, 2.75) is 11.1 Å². The van der Waals surface area contributed by atoms with Crippen LogP contribution in [0.5, 0.6) is 0 Å². The number of nitrogens with two attached hydrogens (primary N) is 1. The highest BCUT2D eigenvalue weighted by Crippen LogP contribution is 2.33. The van der Waals surface area contributed by atoms with E-state index in [-0.39, 0.29) is 5.69 Å². The smallest absolute Gasteiger partial charge is 0.323 e. The Balaban J connectivity index is 3.46. The molecule has 0 aliphatic carbocycles. The summed E-state index contributed by atoms with van der Waals surface area (Å²) in [5.74, 6) is 5.01. The SMILES string of the molecule is CS(=O)(=O)c1cc(C(F)(F)F)ccc1NN. The van der Waals surface area contributed by atoms with Crippen LogP contribution in [0.1, 0.15) is 5.56 Å². The van der Waals surface area contributed by atoms with Crippen molar-refractivity contribution in [3.63, 3.8) is 0 Å². The van der Waals surface area contributed by atoms with E-state index in [2.05, 4.69) is 0 Å². The lowest BCUT2D eigenvalue weighted by atomic mass is 10.2. The van der Waals surface area contributed by atoms with Gasteiger partial charge >= 0.3 is 6.18 Å². The molecule has 1 aromatic carbocycles. The average Bonchev–Trinajstić information content (AvgIpc) is 2.14. The lowest BCUT2D eigenvalue weighted by Gasteiger charge is -2.11. The summed E-state index contributed by atoms with van der Waals surface area (Å²) in [5.41, 5.74) is 0.925. The number of alkyl halides is 3. The zero-order chi connectivity index (χ0) is 12.6. The lowest BCUT2D eigenvalue weighted by molar-refractivity contribution is -0.137. The van der Waals surface area contributed by atoms with Gasteiger partial charge in [0.15, 0.2) is 9.84 Å². The molecule has 8 heteroatoms. The third-order valence-corrected chi connectivity index (χ3v) is 3.00. The number of hydrogen-bond donors (Lipinski definition) is 2. The Morgan fingerprint density at radius 2 is 1.88 bits per heavy atom. The fraction of sp³-hybridized carbons (Fsp3) is 0.250. The Bertz CT molecular complexity index is 496. The minimum atomic E-state index is -4.59. The first-order valence-corrected chi connectivity index (χ1v) is 5.93. The van der Waals surface area contributed by atoms with Crippen LogP contribution in [0.15, 0.2) is 23.1 Å². The zero-order valence-electron chi connectivity index (χ0n) is 8.17. The predicted octanol–water partition coefficient (Wildman–Crippen LogP) is 1.39. The Hall–Kier alpha value is -1.28. The molecule has 0 unspecified atom stereocenters. The van der Waals surface area contributed by atoms with Gasteiger partial charge in [-0.3, -0.25) is 5.84 Å². The molecule has 0 aliphatic heterocycles. The van der Waals surface area contributed by atoms with Crippen LogP contribution in [0.4, 0.5) is 18.9 Å². The largest absolute Gasteiger partial charge is 0.416 e. The number of nitrogen functional groups attached to an aromatic ring is 1. The second-order valence-electron chi connectivity index (χ2n) is 3.13. The molecule has 1 rings (SSSR count). The molecule has 0 atom stereocenters. The molecule has 0 amide bonds. The van der Waals surface area contributed by atoms with Crippen LogP contribution in [0.25, 0.3) is 0 Å². The summed E-state index contributed by atoms with van der Waals surface area (Å²) in [4.78, 5) is -0.482. The molecule has 3 N–H and O–H groups in total. The number of hydrogen-bond acceptors (Lipinski definition) is 4. The highest BCUT2D eigenvalue weighted by molar-refractivity contribution is 7.90. The summed E-state index contributed by atoms with van der Waals surface area (Å²) in [7, 11) is -3.77. The van der Waals surface area contributed by atoms with Gasteiger partial charge in [0.25, 0.3) is 0 Å². The summed E-state index contributed by atoms with van der Waals surface area (Å²) in [6, 6.07) is 2.27. The van der Waals surface area contributed by atoms with E-state index in [0.29, 0.717) is 6.07 Å². The second-order valence-corrected chi connectivity index (χ2v) is 5.11. The van der Waals surface area contributed by atoms with E-state index in [4.69, 9.17) is 5.84 Å². The number of sulfone groups is 1. The molecular weight excluding hydrogens is 245 g/mol. The summed E-state index contributed by atoms with van der Waals surface area (Å²) in [6.45, 7) is 0. The minimum absolute atomic E-state index is 0.0736. The van der Waals surface area contributed by atoms with Crippen molar-refractivity contribution in [3.8, 4) is 0 Å². The van der Waals surface area contributed by atoms with Crippen molar-refractivity contribution >= 4 is 15.5 Å². The first-order valence-electron chi connectivity index (χ1n) is 4.04. The maximum absolute atomic E-state index is 12.3. The van der Waals surface area contributed by atoms with Crippen LogP contribution < -0.4 is 11.3 Å². The van der Waals surface area contributed by atoms with Crippen LogP contribution in [0.3, 0.4) is 0 Å². The van der Waals surface area contributed by atoms with Crippen LogP contribution in [0, 0.1) is 0 Å². The summed E-state index contributed by atoms with van der Waals surface area (Å²) < 4.78 is 59.5. The Kier molecular flexibility index (Phi) is 3.15. The summed E-state index contributed by atoms with van der Waals surface area (Å²) >= 11 is 0.